The summed E-state index contributed by atoms with van der Waals surface area (Å²) in [5.74, 6) is -0.869. The number of nitrogens with zero attached hydrogens (tertiary/aromatic N) is 1. The maximum absolute atomic E-state index is 13.4. The van der Waals surface area contributed by atoms with Crippen LogP contribution in [0.5, 0.6) is 0 Å². The van der Waals surface area contributed by atoms with E-state index < -0.39 is 17.7 Å². The fourth-order valence-corrected chi connectivity index (χ4v) is 3.71. The number of hydrogen-bond acceptors (Lipinski definition) is 4. The third kappa shape index (κ3) is 4.84. The van der Waals surface area contributed by atoms with Crippen LogP contribution in [0.2, 0.25) is 0 Å². The molecule has 2 heterocycles. The number of aromatic amines is 2. The molecule has 0 bridgehead atoms. The predicted molar refractivity (Wildman–Crippen MR) is 98.9 cm³/mol. The standard InChI is InChI=1S/C19H19F2N3O2S/c1-10(2)17-19(27-14-7-12(20)6-13(21)8-14)24-18(23-17)15(25)5-11-3-4-16(26)22-9-11/h3-4,6-10,15,25H,5H2,1-2H3,(H,22,26)(H,23,24). The zero-order valence-electron chi connectivity index (χ0n) is 14.8. The highest BCUT2D eigenvalue weighted by Gasteiger charge is 2.20. The van der Waals surface area contributed by atoms with Gasteiger partial charge in [-0.15, -0.1) is 0 Å². The minimum Gasteiger partial charge on any atom is -0.385 e. The zero-order chi connectivity index (χ0) is 19.6. The number of rotatable bonds is 6. The quantitative estimate of drug-likeness (QED) is 0.595. The molecule has 0 aliphatic heterocycles. The molecule has 3 N–H and O–H groups in total. The average Bonchev–Trinajstić information content (AvgIpc) is 3.00. The molecule has 0 amide bonds. The normalized spacial score (nSPS) is 12.5. The number of aliphatic hydroxyl groups excluding tert-OH is 1. The summed E-state index contributed by atoms with van der Waals surface area (Å²) in [6.45, 7) is 3.92. The molecule has 3 rings (SSSR count). The van der Waals surface area contributed by atoms with Crippen molar-refractivity contribution in [2.45, 2.75) is 42.2 Å². The second-order valence-corrected chi connectivity index (χ2v) is 7.55. The van der Waals surface area contributed by atoms with Crippen LogP contribution >= 0.6 is 11.8 Å². The molecular formula is C19H19F2N3O2S. The number of halogens is 2. The van der Waals surface area contributed by atoms with Crippen LogP contribution in [-0.4, -0.2) is 20.1 Å². The SMILES string of the molecule is CC(C)c1[nH]c(C(O)Cc2ccc(=O)[nH]c2)nc1Sc1cc(F)cc(F)c1. The topological polar surface area (TPSA) is 81.8 Å². The summed E-state index contributed by atoms with van der Waals surface area (Å²) in [6.07, 6.45) is 0.899. The lowest BCUT2D eigenvalue weighted by atomic mass is 10.1. The number of H-pyrrole nitrogens is 2. The monoisotopic (exact) mass is 391 g/mol. The van der Waals surface area contributed by atoms with E-state index in [9.17, 15) is 18.7 Å². The Balaban J connectivity index is 1.85. The molecule has 0 aliphatic carbocycles. The Kier molecular flexibility index (Phi) is 5.76. The fraction of sp³-hybridized carbons (Fsp3) is 0.263. The first-order valence-corrected chi connectivity index (χ1v) is 9.23. The molecule has 142 valence electrons. The van der Waals surface area contributed by atoms with Gasteiger partial charge in [0.05, 0.1) is 5.69 Å². The van der Waals surface area contributed by atoms with Gasteiger partial charge in [-0.3, -0.25) is 4.79 Å². The molecule has 0 fully saturated rings. The lowest BCUT2D eigenvalue weighted by Crippen LogP contribution is -2.08. The second-order valence-electron chi connectivity index (χ2n) is 6.48. The summed E-state index contributed by atoms with van der Waals surface area (Å²) in [6, 6.07) is 6.33. The third-order valence-electron chi connectivity index (χ3n) is 3.94. The highest BCUT2D eigenvalue weighted by Crippen LogP contribution is 2.34. The number of pyridine rings is 1. The lowest BCUT2D eigenvalue weighted by molar-refractivity contribution is 0.169. The van der Waals surface area contributed by atoms with Gasteiger partial charge in [0.2, 0.25) is 5.56 Å². The van der Waals surface area contributed by atoms with E-state index in [0.29, 0.717) is 15.7 Å². The van der Waals surface area contributed by atoms with Crippen LogP contribution in [0, 0.1) is 11.6 Å². The van der Waals surface area contributed by atoms with Crippen LogP contribution < -0.4 is 5.56 Å². The molecule has 0 radical (unpaired) electrons. The molecule has 5 nitrogen and oxygen atoms in total. The summed E-state index contributed by atoms with van der Waals surface area (Å²) in [5.41, 5.74) is 1.32. The first-order chi connectivity index (χ1) is 12.8. The van der Waals surface area contributed by atoms with Gasteiger partial charge in [0.1, 0.15) is 28.6 Å². The lowest BCUT2D eigenvalue weighted by Gasteiger charge is -2.07. The van der Waals surface area contributed by atoms with Crippen LogP contribution in [0.1, 0.15) is 43.0 Å². The van der Waals surface area contributed by atoms with Crippen molar-refractivity contribution in [3.63, 3.8) is 0 Å². The third-order valence-corrected chi connectivity index (χ3v) is 4.91. The maximum Gasteiger partial charge on any atom is 0.247 e. The van der Waals surface area contributed by atoms with Crippen molar-refractivity contribution in [1.82, 2.24) is 15.0 Å². The van der Waals surface area contributed by atoms with E-state index in [1.54, 1.807) is 12.3 Å². The van der Waals surface area contributed by atoms with Crippen molar-refractivity contribution in [2.24, 2.45) is 0 Å². The van der Waals surface area contributed by atoms with E-state index >= 15 is 0 Å². The minimum atomic E-state index is -0.910. The summed E-state index contributed by atoms with van der Waals surface area (Å²) >= 11 is 1.14. The van der Waals surface area contributed by atoms with Gasteiger partial charge in [0, 0.05) is 29.6 Å². The van der Waals surface area contributed by atoms with E-state index in [-0.39, 0.29) is 17.9 Å². The predicted octanol–water partition coefficient (Wildman–Crippen LogP) is 3.93. The van der Waals surface area contributed by atoms with Crippen LogP contribution in [-0.2, 0) is 6.42 Å². The Labute approximate surface area is 158 Å². The Morgan fingerprint density at radius 2 is 1.89 bits per heavy atom. The summed E-state index contributed by atoms with van der Waals surface area (Å²) in [4.78, 5) is 21.6. The Morgan fingerprint density at radius 3 is 2.48 bits per heavy atom. The zero-order valence-corrected chi connectivity index (χ0v) is 15.6. The van der Waals surface area contributed by atoms with Crippen LogP contribution in [0.15, 0.2) is 51.2 Å². The minimum absolute atomic E-state index is 0.0763. The highest BCUT2D eigenvalue weighted by atomic mass is 32.2. The number of aliphatic hydroxyl groups is 1. The molecular weight excluding hydrogens is 372 g/mol. The van der Waals surface area contributed by atoms with Crippen molar-refractivity contribution < 1.29 is 13.9 Å². The van der Waals surface area contributed by atoms with Crippen LogP contribution in [0.3, 0.4) is 0 Å². The van der Waals surface area contributed by atoms with E-state index in [4.69, 9.17) is 0 Å². The average molecular weight is 391 g/mol. The largest absolute Gasteiger partial charge is 0.385 e. The molecule has 0 saturated heterocycles. The molecule has 2 aromatic heterocycles. The van der Waals surface area contributed by atoms with Crippen molar-refractivity contribution in [3.05, 3.63) is 75.6 Å². The van der Waals surface area contributed by atoms with Crippen LogP contribution in [0.25, 0.3) is 0 Å². The molecule has 0 spiro atoms. The number of imidazole rings is 1. The molecule has 1 aromatic carbocycles. The van der Waals surface area contributed by atoms with E-state index in [1.165, 1.54) is 18.2 Å². The van der Waals surface area contributed by atoms with Crippen molar-refractivity contribution in [1.29, 1.82) is 0 Å². The molecule has 0 aliphatic rings. The number of nitrogens with one attached hydrogen (secondary N) is 2. The summed E-state index contributed by atoms with van der Waals surface area (Å²) in [5, 5.41) is 11.1. The van der Waals surface area contributed by atoms with Crippen molar-refractivity contribution in [2.75, 3.05) is 0 Å². The van der Waals surface area contributed by atoms with Gasteiger partial charge in [-0.1, -0.05) is 31.7 Å². The molecule has 1 atom stereocenters. The van der Waals surface area contributed by atoms with Gasteiger partial charge < -0.3 is 15.1 Å². The van der Waals surface area contributed by atoms with Gasteiger partial charge in [-0.05, 0) is 23.6 Å². The summed E-state index contributed by atoms with van der Waals surface area (Å²) < 4.78 is 26.9. The molecule has 3 aromatic rings. The Bertz CT molecular complexity index is 960. The highest BCUT2D eigenvalue weighted by molar-refractivity contribution is 7.99. The first-order valence-electron chi connectivity index (χ1n) is 8.41. The smallest absolute Gasteiger partial charge is 0.247 e. The van der Waals surface area contributed by atoms with E-state index in [2.05, 4.69) is 15.0 Å². The molecule has 1 unspecified atom stereocenters. The van der Waals surface area contributed by atoms with E-state index in [1.807, 2.05) is 13.8 Å². The van der Waals surface area contributed by atoms with Gasteiger partial charge >= 0.3 is 0 Å². The van der Waals surface area contributed by atoms with Gasteiger partial charge in [-0.2, -0.15) is 0 Å². The molecule has 0 saturated carbocycles. The van der Waals surface area contributed by atoms with Gasteiger partial charge in [0.25, 0.3) is 0 Å². The maximum atomic E-state index is 13.4. The van der Waals surface area contributed by atoms with Gasteiger partial charge in [0.15, 0.2) is 0 Å². The summed E-state index contributed by atoms with van der Waals surface area (Å²) in [7, 11) is 0. The Hall–Kier alpha value is -2.45. The number of benzene rings is 1. The number of aromatic nitrogens is 3. The Morgan fingerprint density at radius 1 is 1.19 bits per heavy atom. The first kappa shape index (κ1) is 19.3. The second kappa shape index (κ2) is 8.06. The molecule has 8 heteroatoms. The van der Waals surface area contributed by atoms with Gasteiger partial charge in [-0.25, -0.2) is 13.8 Å². The molecule has 27 heavy (non-hydrogen) atoms. The van der Waals surface area contributed by atoms with Crippen LogP contribution in [0.4, 0.5) is 8.78 Å². The number of hydrogen-bond donors (Lipinski definition) is 3. The van der Waals surface area contributed by atoms with E-state index in [0.717, 1.165) is 29.1 Å². The van der Waals surface area contributed by atoms with Crippen molar-refractivity contribution >= 4 is 11.8 Å². The van der Waals surface area contributed by atoms with Crippen molar-refractivity contribution in [3.8, 4) is 0 Å². The fourth-order valence-electron chi connectivity index (χ4n) is 2.60.